The molecule has 0 atom stereocenters. The molecule has 0 unspecified atom stereocenters. The molecule has 154 valence electrons. The van der Waals surface area contributed by atoms with Crippen molar-refractivity contribution in [2.75, 3.05) is 38.8 Å². The summed E-state index contributed by atoms with van der Waals surface area (Å²) < 4.78 is 37.8. The van der Waals surface area contributed by atoms with Crippen LogP contribution in [-0.2, 0) is 11.3 Å². The number of carbonyl (C=O) groups excluding carboxylic acids is 2. The number of halogens is 2. The molecule has 0 aromatic heterocycles. The Labute approximate surface area is 166 Å². The third-order valence-corrected chi connectivity index (χ3v) is 4.63. The molecule has 7 nitrogen and oxygen atoms in total. The van der Waals surface area contributed by atoms with Crippen molar-refractivity contribution in [1.29, 1.82) is 0 Å². The first-order valence-electron chi connectivity index (χ1n) is 8.92. The van der Waals surface area contributed by atoms with Gasteiger partial charge in [0, 0.05) is 31.3 Å². The highest BCUT2D eigenvalue weighted by atomic mass is 19.1. The largest absolute Gasteiger partial charge is 0.497 e. The fourth-order valence-corrected chi connectivity index (χ4v) is 3.08. The fourth-order valence-electron chi connectivity index (χ4n) is 3.08. The Morgan fingerprint density at radius 3 is 2.48 bits per heavy atom. The molecule has 1 N–H and O–H groups in total. The highest BCUT2D eigenvalue weighted by Crippen LogP contribution is 2.34. The summed E-state index contributed by atoms with van der Waals surface area (Å²) in [6.45, 7) is 0.155. The maximum absolute atomic E-state index is 13.7. The minimum Gasteiger partial charge on any atom is -0.497 e. The van der Waals surface area contributed by atoms with Gasteiger partial charge in [-0.25, -0.2) is 13.6 Å². The second-order valence-corrected chi connectivity index (χ2v) is 6.37. The van der Waals surface area contributed by atoms with Crippen LogP contribution in [0.25, 0.3) is 0 Å². The number of hydrogen-bond acceptors (Lipinski definition) is 4. The van der Waals surface area contributed by atoms with Gasteiger partial charge < -0.3 is 19.7 Å². The zero-order valence-corrected chi connectivity index (χ0v) is 16.1. The van der Waals surface area contributed by atoms with E-state index in [1.165, 1.54) is 30.1 Å². The molecule has 29 heavy (non-hydrogen) atoms. The SMILES string of the molecule is COc1ccc(OC)c(N2CCN(CC(=O)NCc3c(F)cccc3F)C2=O)c1. The topological polar surface area (TPSA) is 71.1 Å². The van der Waals surface area contributed by atoms with E-state index in [2.05, 4.69) is 5.32 Å². The smallest absolute Gasteiger partial charge is 0.325 e. The molecule has 0 saturated carbocycles. The second-order valence-electron chi connectivity index (χ2n) is 6.37. The van der Waals surface area contributed by atoms with Crippen molar-refractivity contribution in [1.82, 2.24) is 10.2 Å². The number of anilines is 1. The standard InChI is InChI=1S/C20H21F2N3O4/c1-28-13-6-7-18(29-2)17(10-13)25-9-8-24(20(25)27)12-19(26)23-11-14-15(21)4-3-5-16(14)22/h3-7,10H,8-9,11-12H2,1-2H3,(H,23,26). The van der Waals surface area contributed by atoms with Crippen LogP contribution >= 0.6 is 0 Å². The molecule has 1 fully saturated rings. The summed E-state index contributed by atoms with van der Waals surface area (Å²) in [6.07, 6.45) is 0. The molecule has 0 radical (unpaired) electrons. The Balaban J connectivity index is 1.64. The molecule has 1 saturated heterocycles. The van der Waals surface area contributed by atoms with Gasteiger partial charge in [0.25, 0.3) is 0 Å². The molecular formula is C20H21F2N3O4. The lowest BCUT2D eigenvalue weighted by molar-refractivity contribution is -0.121. The Morgan fingerprint density at radius 1 is 1.10 bits per heavy atom. The predicted octanol–water partition coefficient (Wildman–Crippen LogP) is 2.54. The van der Waals surface area contributed by atoms with Gasteiger partial charge in [0.05, 0.1) is 19.9 Å². The lowest BCUT2D eigenvalue weighted by Gasteiger charge is -2.21. The van der Waals surface area contributed by atoms with Crippen LogP contribution in [0.2, 0.25) is 0 Å². The third kappa shape index (κ3) is 4.39. The summed E-state index contributed by atoms with van der Waals surface area (Å²) in [5.41, 5.74) is 0.310. The van der Waals surface area contributed by atoms with Crippen LogP contribution in [-0.4, -0.2) is 50.7 Å². The van der Waals surface area contributed by atoms with Crippen LogP contribution in [0.5, 0.6) is 11.5 Å². The highest BCUT2D eigenvalue weighted by molar-refractivity contribution is 5.97. The Bertz CT molecular complexity index is 902. The average Bonchev–Trinajstić information content (AvgIpc) is 3.07. The number of ether oxygens (including phenoxy) is 2. The molecule has 1 heterocycles. The van der Waals surface area contributed by atoms with Crippen molar-refractivity contribution in [3.63, 3.8) is 0 Å². The predicted molar refractivity (Wildman–Crippen MR) is 102 cm³/mol. The summed E-state index contributed by atoms with van der Waals surface area (Å²) in [4.78, 5) is 27.8. The average molecular weight is 405 g/mol. The first-order chi connectivity index (χ1) is 13.9. The van der Waals surface area contributed by atoms with E-state index in [0.717, 1.165) is 12.1 Å². The number of rotatable bonds is 7. The molecule has 0 aliphatic carbocycles. The van der Waals surface area contributed by atoms with Gasteiger partial charge in [0.1, 0.15) is 29.7 Å². The zero-order chi connectivity index (χ0) is 21.0. The number of carbonyl (C=O) groups is 2. The Hall–Kier alpha value is -3.36. The van der Waals surface area contributed by atoms with Crippen molar-refractivity contribution in [2.45, 2.75) is 6.54 Å². The number of nitrogens with one attached hydrogen (secondary N) is 1. The van der Waals surface area contributed by atoms with Crippen molar-refractivity contribution < 1.29 is 27.8 Å². The van der Waals surface area contributed by atoms with Crippen LogP contribution in [0.1, 0.15) is 5.56 Å². The quantitative estimate of drug-likeness (QED) is 0.769. The fraction of sp³-hybridized carbons (Fsp3) is 0.300. The van der Waals surface area contributed by atoms with E-state index in [9.17, 15) is 18.4 Å². The van der Waals surface area contributed by atoms with Crippen molar-refractivity contribution in [3.8, 4) is 11.5 Å². The van der Waals surface area contributed by atoms with E-state index in [0.29, 0.717) is 30.3 Å². The van der Waals surface area contributed by atoms with Gasteiger partial charge in [-0.05, 0) is 24.3 Å². The summed E-state index contributed by atoms with van der Waals surface area (Å²) in [6, 6.07) is 8.21. The van der Waals surface area contributed by atoms with Crippen LogP contribution < -0.4 is 19.7 Å². The van der Waals surface area contributed by atoms with Gasteiger partial charge in [0.2, 0.25) is 5.91 Å². The van der Waals surface area contributed by atoms with Gasteiger partial charge in [0.15, 0.2) is 0 Å². The molecule has 9 heteroatoms. The normalized spacial score (nSPS) is 13.6. The van der Waals surface area contributed by atoms with Crippen molar-refractivity contribution in [2.24, 2.45) is 0 Å². The zero-order valence-electron chi connectivity index (χ0n) is 16.1. The number of urea groups is 1. The Morgan fingerprint density at radius 2 is 1.83 bits per heavy atom. The van der Waals surface area contributed by atoms with E-state index in [-0.39, 0.29) is 24.7 Å². The maximum Gasteiger partial charge on any atom is 0.325 e. The summed E-state index contributed by atoms with van der Waals surface area (Å²) in [5, 5.41) is 2.45. The molecule has 0 spiro atoms. The monoisotopic (exact) mass is 405 g/mol. The van der Waals surface area contributed by atoms with Crippen molar-refractivity contribution in [3.05, 3.63) is 53.6 Å². The number of hydrogen-bond donors (Lipinski definition) is 1. The van der Waals surface area contributed by atoms with Crippen LogP contribution in [0, 0.1) is 11.6 Å². The molecule has 0 bridgehead atoms. The molecular weight excluding hydrogens is 384 g/mol. The number of amides is 3. The van der Waals surface area contributed by atoms with Crippen LogP contribution in [0.4, 0.5) is 19.3 Å². The van der Waals surface area contributed by atoms with Gasteiger partial charge >= 0.3 is 6.03 Å². The van der Waals surface area contributed by atoms with Crippen molar-refractivity contribution >= 4 is 17.6 Å². The summed E-state index contributed by atoms with van der Waals surface area (Å²) in [7, 11) is 3.02. The summed E-state index contributed by atoms with van der Waals surface area (Å²) >= 11 is 0. The number of methoxy groups -OCH3 is 2. The van der Waals surface area contributed by atoms with E-state index >= 15 is 0 Å². The third-order valence-electron chi connectivity index (χ3n) is 4.63. The van der Waals surface area contributed by atoms with Gasteiger partial charge in [-0.2, -0.15) is 0 Å². The van der Waals surface area contributed by atoms with E-state index in [1.807, 2.05) is 0 Å². The van der Waals surface area contributed by atoms with Gasteiger partial charge in [-0.1, -0.05) is 6.07 Å². The first kappa shape index (κ1) is 20.4. The lowest BCUT2D eigenvalue weighted by atomic mass is 10.2. The number of benzene rings is 2. The molecule has 3 rings (SSSR count). The molecule has 3 amide bonds. The molecule has 2 aromatic rings. The van der Waals surface area contributed by atoms with Crippen LogP contribution in [0.15, 0.2) is 36.4 Å². The lowest BCUT2D eigenvalue weighted by Crippen LogP contribution is -2.40. The van der Waals surface area contributed by atoms with E-state index < -0.39 is 17.5 Å². The van der Waals surface area contributed by atoms with Gasteiger partial charge in [-0.15, -0.1) is 0 Å². The van der Waals surface area contributed by atoms with E-state index in [4.69, 9.17) is 9.47 Å². The highest BCUT2D eigenvalue weighted by Gasteiger charge is 2.32. The Kier molecular flexibility index (Phi) is 6.16. The van der Waals surface area contributed by atoms with Gasteiger partial charge in [-0.3, -0.25) is 9.69 Å². The van der Waals surface area contributed by atoms with Crippen LogP contribution in [0.3, 0.4) is 0 Å². The number of nitrogens with zero attached hydrogens (tertiary/aromatic N) is 2. The molecule has 2 aromatic carbocycles. The summed E-state index contributed by atoms with van der Waals surface area (Å²) in [5.74, 6) is -0.921. The minimum atomic E-state index is -0.737. The second kappa shape index (κ2) is 8.76. The maximum atomic E-state index is 13.7. The molecule has 1 aliphatic rings. The molecule has 1 aliphatic heterocycles. The van der Waals surface area contributed by atoms with E-state index in [1.54, 1.807) is 18.2 Å². The minimum absolute atomic E-state index is 0.225. The first-order valence-corrected chi connectivity index (χ1v) is 8.92.